The van der Waals surface area contributed by atoms with Crippen molar-refractivity contribution in [3.8, 4) is 0 Å². The van der Waals surface area contributed by atoms with Crippen molar-refractivity contribution in [2.24, 2.45) is 0 Å². The van der Waals surface area contributed by atoms with Crippen molar-refractivity contribution in [3.05, 3.63) is 36.0 Å². The van der Waals surface area contributed by atoms with Crippen LogP contribution in [-0.4, -0.2) is 30.5 Å². The summed E-state index contributed by atoms with van der Waals surface area (Å²) in [6.07, 6.45) is 1.81. The highest BCUT2D eigenvalue weighted by Crippen LogP contribution is 2.13. The van der Waals surface area contributed by atoms with Gasteiger partial charge in [-0.25, -0.2) is 0 Å². The van der Waals surface area contributed by atoms with Gasteiger partial charge in [0.05, 0.1) is 7.11 Å². The maximum atomic E-state index is 11.7. The largest absolute Gasteiger partial charge is 0.468 e. The SMILES string of the molecule is COC(=O)CNC(=O)c1ccc2[nH]ccc2c1. The number of aromatic nitrogens is 1. The van der Waals surface area contributed by atoms with Crippen molar-refractivity contribution >= 4 is 22.8 Å². The Morgan fingerprint density at radius 3 is 2.94 bits per heavy atom. The number of ether oxygens (including phenoxy) is 1. The molecule has 0 aliphatic rings. The van der Waals surface area contributed by atoms with E-state index in [1.807, 2.05) is 12.1 Å². The van der Waals surface area contributed by atoms with Crippen LogP contribution in [0.5, 0.6) is 0 Å². The van der Waals surface area contributed by atoms with Gasteiger partial charge in [-0.3, -0.25) is 9.59 Å². The minimum atomic E-state index is -0.471. The summed E-state index contributed by atoms with van der Waals surface area (Å²) in [6, 6.07) is 7.17. The minimum Gasteiger partial charge on any atom is -0.468 e. The highest BCUT2D eigenvalue weighted by Gasteiger charge is 2.08. The monoisotopic (exact) mass is 232 g/mol. The minimum absolute atomic E-state index is 0.124. The Kier molecular flexibility index (Phi) is 3.09. The molecule has 0 radical (unpaired) electrons. The number of aromatic amines is 1. The Hall–Kier alpha value is -2.30. The molecule has 0 fully saturated rings. The Morgan fingerprint density at radius 1 is 1.35 bits per heavy atom. The zero-order valence-electron chi connectivity index (χ0n) is 9.32. The number of rotatable bonds is 3. The molecule has 17 heavy (non-hydrogen) atoms. The molecule has 2 aromatic rings. The molecule has 0 aliphatic heterocycles. The lowest BCUT2D eigenvalue weighted by molar-refractivity contribution is -0.139. The fraction of sp³-hybridized carbons (Fsp3) is 0.167. The predicted molar refractivity (Wildman–Crippen MR) is 62.6 cm³/mol. The van der Waals surface area contributed by atoms with Crippen LogP contribution in [0.1, 0.15) is 10.4 Å². The number of hydrogen-bond acceptors (Lipinski definition) is 3. The van der Waals surface area contributed by atoms with Crippen LogP contribution in [0.3, 0.4) is 0 Å². The number of methoxy groups -OCH3 is 1. The van der Waals surface area contributed by atoms with E-state index in [9.17, 15) is 9.59 Å². The summed E-state index contributed by atoms with van der Waals surface area (Å²) in [4.78, 5) is 25.6. The first kappa shape index (κ1) is 11.2. The van der Waals surface area contributed by atoms with Gasteiger partial charge in [0.2, 0.25) is 0 Å². The van der Waals surface area contributed by atoms with Crippen LogP contribution < -0.4 is 5.32 Å². The fourth-order valence-corrected chi connectivity index (χ4v) is 1.52. The number of benzene rings is 1. The number of carbonyl (C=O) groups excluding carboxylic acids is 2. The second-order valence-corrected chi connectivity index (χ2v) is 3.54. The topological polar surface area (TPSA) is 71.2 Å². The van der Waals surface area contributed by atoms with Gasteiger partial charge in [-0.05, 0) is 24.3 Å². The molecule has 0 aliphatic carbocycles. The number of esters is 1. The van der Waals surface area contributed by atoms with E-state index in [4.69, 9.17) is 0 Å². The Morgan fingerprint density at radius 2 is 2.18 bits per heavy atom. The third-order valence-electron chi connectivity index (χ3n) is 2.44. The van der Waals surface area contributed by atoms with Crippen molar-refractivity contribution in [1.82, 2.24) is 10.3 Å². The summed E-state index contributed by atoms with van der Waals surface area (Å²) in [5.41, 5.74) is 1.48. The molecule has 0 saturated heterocycles. The first-order valence-electron chi connectivity index (χ1n) is 5.13. The van der Waals surface area contributed by atoms with Crippen LogP contribution in [0.4, 0.5) is 0 Å². The van der Waals surface area contributed by atoms with E-state index < -0.39 is 5.97 Å². The fourth-order valence-electron chi connectivity index (χ4n) is 1.52. The summed E-state index contributed by atoms with van der Waals surface area (Å²) in [7, 11) is 1.28. The van der Waals surface area contributed by atoms with E-state index in [0.717, 1.165) is 10.9 Å². The van der Waals surface area contributed by atoms with Crippen molar-refractivity contribution in [3.63, 3.8) is 0 Å². The molecule has 0 unspecified atom stereocenters. The van der Waals surface area contributed by atoms with Crippen molar-refractivity contribution in [2.45, 2.75) is 0 Å². The lowest BCUT2D eigenvalue weighted by Crippen LogP contribution is -2.30. The van der Waals surface area contributed by atoms with Gasteiger partial charge in [0, 0.05) is 22.7 Å². The zero-order valence-corrected chi connectivity index (χ0v) is 9.32. The Bertz CT molecular complexity index is 560. The van der Waals surface area contributed by atoms with E-state index >= 15 is 0 Å². The molecule has 1 aromatic heterocycles. The van der Waals surface area contributed by atoms with Crippen LogP contribution in [0.15, 0.2) is 30.5 Å². The van der Waals surface area contributed by atoms with Crippen molar-refractivity contribution in [1.29, 1.82) is 0 Å². The lowest BCUT2D eigenvalue weighted by atomic mass is 10.1. The van der Waals surface area contributed by atoms with E-state index in [-0.39, 0.29) is 12.5 Å². The second-order valence-electron chi connectivity index (χ2n) is 3.54. The number of nitrogens with one attached hydrogen (secondary N) is 2. The number of carbonyl (C=O) groups is 2. The molecule has 1 aromatic carbocycles. The van der Waals surface area contributed by atoms with Gasteiger partial charge < -0.3 is 15.0 Å². The van der Waals surface area contributed by atoms with Gasteiger partial charge in [-0.2, -0.15) is 0 Å². The summed E-state index contributed by atoms with van der Waals surface area (Å²) >= 11 is 0. The zero-order chi connectivity index (χ0) is 12.3. The molecule has 0 bridgehead atoms. The standard InChI is InChI=1S/C12H12N2O3/c1-17-11(15)7-14-12(16)9-2-3-10-8(6-9)4-5-13-10/h2-6,13H,7H2,1H3,(H,14,16). The first-order chi connectivity index (χ1) is 8.20. The average molecular weight is 232 g/mol. The third-order valence-corrected chi connectivity index (χ3v) is 2.44. The second kappa shape index (κ2) is 4.69. The first-order valence-corrected chi connectivity index (χ1v) is 5.13. The quantitative estimate of drug-likeness (QED) is 0.777. The summed E-state index contributed by atoms with van der Waals surface area (Å²) in [6.45, 7) is -0.124. The van der Waals surface area contributed by atoms with E-state index in [1.54, 1.807) is 18.3 Å². The highest BCUT2D eigenvalue weighted by atomic mass is 16.5. The Labute approximate surface area is 97.8 Å². The molecule has 5 nitrogen and oxygen atoms in total. The van der Waals surface area contributed by atoms with Crippen LogP contribution in [0, 0.1) is 0 Å². The van der Waals surface area contributed by atoms with Crippen molar-refractivity contribution < 1.29 is 14.3 Å². The summed E-state index contributed by atoms with van der Waals surface area (Å²) in [5, 5.41) is 3.44. The predicted octanol–water partition coefficient (Wildman–Crippen LogP) is 1.07. The third kappa shape index (κ3) is 2.44. The molecular weight excluding hydrogens is 220 g/mol. The van der Waals surface area contributed by atoms with E-state index in [1.165, 1.54) is 7.11 Å². The molecule has 5 heteroatoms. The van der Waals surface area contributed by atoms with Gasteiger partial charge in [-0.15, -0.1) is 0 Å². The van der Waals surface area contributed by atoms with E-state index in [0.29, 0.717) is 5.56 Å². The van der Waals surface area contributed by atoms with Crippen LogP contribution in [0.2, 0.25) is 0 Å². The normalized spacial score (nSPS) is 10.2. The molecular formula is C12H12N2O3. The molecule has 1 heterocycles. The van der Waals surface area contributed by atoms with E-state index in [2.05, 4.69) is 15.0 Å². The molecule has 0 spiro atoms. The van der Waals surface area contributed by atoms with Crippen molar-refractivity contribution in [2.75, 3.05) is 13.7 Å². The summed E-state index contributed by atoms with van der Waals surface area (Å²) in [5.74, 6) is -0.764. The van der Waals surface area contributed by atoms with Gasteiger partial charge >= 0.3 is 5.97 Å². The molecule has 0 atom stereocenters. The van der Waals surface area contributed by atoms with Gasteiger partial charge in [-0.1, -0.05) is 0 Å². The van der Waals surface area contributed by atoms with Gasteiger partial charge in [0.1, 0.15) is 6.54 Å². The number of fused-ring (bicyclic) bond motifs is 1. The van der Waals surface area contributed by atoms with Crippen LogP contribution in [0.25, 0.3) is 10.9 Å². The number of amides is 1. The smallest absolute Gasteiger partial charge is 0.325 e. The molecule has 88 valence electrons. The number of hydrogen-bond donors (Lipinski definition) is 2. The van der Waals surface area contributed by atoms with Gasteiger partial charge in [0.25, 0.3) is 5.91 Å². The lowest BCUT2D eigenvalue weighted by Gasteiger charge is -2.03. The molecule has 0 saturated carbocycles. The maximum absolute atomic E-state index is 11.7. The van der Waals surface area contributed by atoms with Gasteiger partial charge in [0.15, 0.2) is 0 Å². The van der Waals surface area contributed by atoms with Crippen LogP contribution in [-0.2, 0) is 9.53 Å². The molecule has 1 amide bonds. The maximum Gasteiger partial charge on any atom is 0.325 e. The number of H-pyrrole nitrogens is 1. The van der Waals surface area contributed by atoms with Crippen LogP contribution >= 0.6 is 0 Å². The highest BCUT2D eigenvalue weighted by molar-refractivity contribution is 5.99. The Balaban J connectivity index is 2.10. The molecule has 2 N–H and O–H groups in total. The summed E-state index contributed by atoms with van der Waals surface area (Å²) < 4.78 is 4.44. The molecule has 2 rings (SSSR count). The average Bonchev–Trinajstić information content (AvgIpc) is 2.82.